The van der Waals surface area contributed by atoms with Crippen LogP contribution in [-0.4, -0.2) is 51.2 Å². The van der Waals surface area contributed by atoms with Crippen molar-refractivity contribution >= 4 is 10.0 Å². The summed E-state index contributed by atoms with van der Waals surface area (Å²) in [6, 6.07) is 5.51. The first kappa shape index (κ1) is 17.3. The number of nitrogens with zero attached hydrogens (tertiary/aromatic N) is 1. The van der Waals surface area contributed by atoms with E-state index in [-0.39, 0.29) is 30.8 Å². The lowest BCUT2D eigenvalue weighted by Crippen LogP contribution is -2.55. The number of ether oxygens (including phenoxy) is 2. The quantitative estimate of drug-likeness (QED) is 0.825. The fraction of sp³-hybridized carbons (Fsp3) is 0.600. The van der Waals surface area contributed by atoms with Gasteiger partial charge in [-0.25, -0.2) is 12.8 Å². The molecule has 1 aliphatic rings. The molecular formula is C15H22FNO4S. The van der Waals surface area contributed by atoms with Crippen LogP contribution in [0.25, 0.3) is 0 Å². The topological polar surface area (TPSA) is 55.8 Å². The Morgan fingerprint density at radius 1 is 1.36 bits per heavy atom. The summed E-state index contributed by atoms with van der Waals surface area (Å²) >= 11 is 0. The van der Waals surface area contributed by atoms with Gasteiger partial charge < -0.3 is 9.47 Å². The standard InChI is InChI=1S/C15H22FNO4S/c1-15(2)11-17(8-14(21-15)9-20-3)22(18,19)10-12-4-6-13(16)7-5-12/h4-7,14H,8-11H2,1-3H3/t14-/m0/s1. The molecule has 5 nitrogen and oxygen atoms in total. The van der Waals surface area contributed by atoms with E-state index in [1.165, 1.54) is 28.6 Å². The van der Waals surface area contributed by atoms with Crippen molar-refractivity contribution in [1.29, 1.82) is 0 Å². The van der Waals surface area contributed by atoms with E-state index < -0.39 is 15.6 Å². The van der Waals surface area contributed by atoms with E-state index in [4.69, 9.17) is 9.47 Å². The Morgan fingerprint density at radius 3 is 2.59 bits per heavy atom. The van der Waals surface area contributed by atoms with E-state index in [1.54, 1.807) is 7.11 Å². The summed E-state index contributed by atoms with van der Waals surface area (Å²) in [7, 11) is -1.94. The second-order valence-corrected chi connectivity index (χ2v) is 8.10. The zero-order chi connectivity index (χ0) is 16.4. The van der Waals surface area contributed by atoms with E-state index in [0.29, 0.717) is 12.2 Å². The van der Waals surface area contributed by atoms with Crippen LogP contribution in [0.5, 0.6) is 0 Å². The highest BCUT2D eigenvalue weighted by atomic mass is 32.2. The average molecular weight is 331 g/mol. The molecule has 0 unspecified atom stereocenters. The molecule has 1 atom stereocenters. The fourth-order valence-corrected chi connectivity index (χ4v) is 4.31. The third-order valence-corrected chi connectivity index (χ3v) is 5.22. The minimum atomic E-state index is -3.50. The molecule has 22 heavy (non-hydrogen) atoms. The summed E-state index contributed by atoms with van der Waals surface area (Å²) in [6.45, 7) is 4.61. The Balaban J connectivity index is 2.14. The Labute approximate surface area is 131 Å². The van der Waals surface area contributed by atoms with Crippen molar-refractivity contribution in [3.63, 3.8) is 0 Å². The summed E-state index contributed by atoms with van der Waals surface area (Å²) in [5, 5.41) is 0. The Bertz CT molecular complexity index is 600. The second-order valence-electron chi connectivity index (χ2n) is 6.13. The van der Waals surface area contributed by atoms with Crippen molar-refractivity contribution in [3.8, 4) is 0 Å². The predicted octanol–water partition coefficient (Wildman–Crippen LogP) is 1.78. The SMILES string of the molecule is COC[C@@H]1CN(S(=O)(=O)Cc2ccc(F)cc2)CC(C)(C)O1. The van der Waals surface area contributed by atoms with Crippen LogP contribution in [0.2, 0.25) is 0 Å². The molecule has 0 saturated carbocycles. The normalized spacial score (nSPS) is 22.6. The number of hydrogen-bond donors (Lipinski definition) is 0. The fourth-order valence-electron chi connectivity index (χ4n) is 2.61. The van der Waals surface area contributed by atoms with Gasteiger partial charge in [-0.3, -0.25) is 0 Å². The van der Waals surface area contributed by atoms with Gasteiger partial charge in [-0.05, 0) is 31.5 Å². The molecule has 1 saturated heterocycles. The Morgan fingerprint density at radius 2 is 2.00 bits per heavy atom. The van der Waals surface area contributed by atoms with E-state index >= 15 is 0 Å². The molecule has 0 aromatic heterocycles. The monoisotopic (exact) mass is 331 g/mol. The molecular weight excluding hydrogens is 309 g/mol. The third kappa shape index (κ3) is 4.49. The zero-order valence-electron chi connectivity index (χ0n) is 13.1. The minimum absolute atomic E-state index is 0.150. The van der Waals surface area contributed by atoms with Crippen LogP contribution in [0.15, 0.2) is 24.3 Å². The van der Waals surface area contributed by atoms with Gasteiger partial charge in [-0.1, -0.05) is 12.1 Å². The van der Waals surface area contributed by atoms with Gasteiger partial charge in [0.25, 0.3) is 0 Å². The number of methoxy groups -OCH3 is 1. The zero-order valence-corrected chi connectivity index (χ0v) is 13.9. The van der Waals surface area contributed by atoms with Gasteiger partial charge in [-0.15, -0.1) is 0 Å². The maximum absolute atomic E-state index is 12.9. The number of halogens is 1. The predicted molar refractivity (Wildman–Crippen MR) is 81.4 cm³/mol. The Kier molecular flexibility index (Phi) is 5.21. The van der Waals surface area contributed by atoms with E-state index in [0.717, 1.165) is 0 Å². The second kappa shape index (κ2) is 6.62. The number of sulfonamides is 1. The van der Waals surface area contributed by atoms with Crippen LogP contribution in [0, 0.1) is 5.82 Å². The molecule has 1 heterocycles. The maximum atomic E-state index is 12.9. The third-order valence-electron chi connectivity index (χ3n) is 3.46. The summed E-state index contributed by atoms with van der Waals surface area (Å²) in [5.41, 5.74) is -0.00823. The first-order chi connectivity index (χ1) is 10.2. The van der Waals surface area contributed by atoms with Gasteiger partial charge >= 0.3 is 0 Å². The average Bonchev–Trinajstić information content (AvgIpc) is 2.40. The van der Waals surface area contributed by atoms with Crippen LogP contribution in [0.4, 0.5) is 4.39 Å². The highest BCUT2D eigenvalue weighted by molar-refractivity contribution is 7.88. The molecule has 1 aromatic carbocycles. The van der Waals surface area contributed by atoms with Crippen LogP contribution in [0.3, 0.4) is 0 Å². The largest absolute Gasteiger partial charge is 0.382 e. The van der Waals surface area contributed by atoms with Gasteiger partial charge in [0, 0.05) is 20.2 Å². The number of rotatable bonds is 5. The molecule has 0 spiro atoms. The van der Waals surface area contributed by atoms with Crippen molar-refractivity contribution in [3.05, 3.63) is 35.6 Å². The maximum Gasteiger partial charge on any atom is 0.218 e. The lowest BCUT2D eigenvalue weighted by atomic mass is 10.1. The smallest absolute Gasteiger partial charge is 0.218 e. The summed E-state index contributed by atoms with van der Waals surface area (Å²) in [4.78, 5) is 0. The molecule has 1 aromatic rings. The van der Waals surface area contributed by atoms with Crippen molar-refractivity contribution < 1.29 is 22.3 Å². The van der Waals surface area contributed by atoms with Gasteiger partial charge in [-0.2, -0.15) is 4.31 Å². The lowest BCUT2D eigenvalue weighted by molar-refractivity contribution is -0.135. The molecule has 1 aliphatic heterocycles. The van der Waals surface area contributed by atoms with Crippen molar-refractivity contribution in [2.45, 2.75) is 31.3 Å². The van der Waals surface area contributed by atoms with Crippen molar-refractivity contribution in [2.24, 2.45) is 0 Å². The Hall–Kier alpha value is -1.02. The van der Waals surface area contributed by atoms with Gasteiger partial charge in [0.1, 0.15) is 5.82 Å². The van der Waals surface area contributed by atoms with Gasteiger partial charge in [0.2, 0.25) is 10.0 Å². The first-order valence-electron chi connectivity index (χ1n) is 7.11. The van der Waals surface area contributed by atoms with Crippen molar-refractivity contribution in [1.82, 2.24) is 4.31 Å². The first-order valence-corrected chi connectivity index (χ1v) is 8.72. The highest BCUT2D eigenvalue weighted by Gasteiger charge is 2.38. The van der Waals surface area contributed by atoms with E-state index in [2.05, 4.69) is 0 Å². The van der Waals surface area contributed by atoms with Crippen LogP contribution in [0.1, 0.15) is 19.4 Å². The molecule has 0 aliphatic carbocycles. The van der Waals surface area contributed by atoms with Gasteiger partial charge in [0.05, 0.1) is 24.1 Å². The molecule has 0 N–H and O–H groups in total. The molecule has 2 rings (SSSR count). The van der Waals surface area contributed by atoms with Crippen LogP contribution in [-0.2, 0) is 25.2 Å². The summed E-state index contributed by atoms with van der Waals surface area (Å²) in [6.07, 6.45) is -0.295. The highest BCUT2D eigenvalue weighted by Crippen LogP contribution is 2.25. The molecule has 124 valence electrons. The summed E-state index contributed by atoms with van der Waals surface area (Å²) in [5.74, 6) is -0.530. The van der Waals surface area contributed by atoms with Crippen molar-refractivity contribution in [2.75, 3.05) is 26.8 Å². The lowest BCUT2D eigenvalue weighted by Gasteiger charge is -2.41. The number of hydrogen-bond acceptors (Lipinski definition) is 4. The van der Waals surface area contributed by atoms with E-state index in [1.807, 2.05) is 13.8 Å². The van der Waals surface area contributed by atoms with Gasteiger partial charge in [0.15, 0.2) is 0 Å². The molecule has 7 heteroatoms. The molecule has 0 bridgehead atoms. The van der Waals surface area contributed by atoms with Crippen LogP contribution >= 0.6 is 0 Å². The van der Waals surface area contributed by atoms with E-state index in [9.17, 15) is 12.8 Å². The molecule has 0 radical (unpaired) electrons. The molecule has 1 fully saturated rings. The summed E-state index contributed by atoms with van der Waals surface area (Å²) < 4.78 is 50.5. The van der Waals surface area contributed by atoms with Crippen LogP contribution < -0.4 is 0 Å². The number of morpholine rings is 1. The number of benzene rings is 1. The minimum Gasteiger partial charge on any atom is -0.382 e. The molecule has 0 amide bonds.